The quantitative estimate of drug-likeness (QED) is 0.754. The van der Waals surface area contributed by atoms with E-state index in [1.54, 1.807) is 36.7 Å². The fourth-order valence-electron chi connectivity index (χ4n) is 2.48. The molecule has 132 valence electrons. The fraction of sp³-hybridized carbons (Fsp3) is 0.400. The lowest BCUT2D eigenvalue weighted by atomic mass is 9.79. The summed E-state index contributed by atoms with van der Waals surface area (Å²) in [5.74, 6) is -0.149. The summed E-state index contributed by atoms with van der Waals surface area (Å²) in [5, 5.41) is 18.6. The average Bonchev–Trinajstić information content (AvgIpc) is 2.52. The molecule has 0 bridgehead atoms. The van der Waals surface area contributed by atoms with Gasteiger partial charge in [-0.2, -0.15) is 0 Å². The van der Waals surface area contributed by atoms with Crippen LogP contribution in [0, 0.1) is 0 Å². The largest absolute Gasteiger partial charge is 0.507 e. The number of hydrogen-bond acceptors (Lipinski definition) is 4. The highest BCUT2D eigenvalue weighted by Crippen LogP contribution is 2.41. The van der Waals surface area contributed by atoms with E-state index in [9.17, 15) is 9.90 Å². The maximum Gasteiger partial charge on any atom is 0.295 e. The predicted molar refractivity (Wildman–Crippen MR) is 98.6 cm³/mol. The van der Waals surface area contributed by atoms with Gasteiger partial charge in [-0.15, -0.1) is 10.2 Å². The molecule has 0 aliphatic carbocycles. The number of phenols is 1. The summed E-state index contributed by atoms with van der Waals surface area (Å²) in [6.45, 7) is 12.2. The number of benzene rings is 1. The number of phenolic OH excluding ortho intramolecular Hbond substituents is 1. The van der Waals surface area contributed by atoms with Gasteiger partial charge in [0.05, 0.1) is 5.69 Å². The van der Waals surface area contributed by atoms with E-state index in [0.717, 1.165) is 11.1 Å². The molecule has 0 fully saturated rings. The van der Waals surface area contributed by atoms with E-state index in [-0.39, 0.29) is 16.6 Å². The lowest BCUT2D eigenvalue weighted by molar-refractivity contribution is 0.0995. The van der Waals surface area contributed by atoms with Gasteiger partial charge >= 0.3 is 0 Å². The van der Waals surface area contributed by atoms with Crippen LogP contribution in [0.15, 0.2) is 46.9 Å². The summed E-state index contributed by atoms with van der Waals surface area (Å²) in [4.78, 5) is 16.0. The summed E-state index contributed by atoms with van der Waals surface area (Å²) >= 11 is 0. The van der Waals surface area contributed by atoms with Crippen LogP contribution in [-0.4, -0.2) is 16.0 Å². The van der Waals surface area contributed by atoms with Gasteiger partial charge in [-0.3, -0.25) is 9.78 Å². The number of azo groups is 1. The maximum atomic E-state index is 12.1. The van der Waals surface area contributed by atoms with Crippen LogP contribution >= 0.6 is 0 Å². The minimum Gasteiger partial charge on any atom is -0.507 e. The summed E-state index contributed by atoms with van der Waals surface area (Å²) in [6, 6.07) is 6.76. The van der Waals surface area contributed by atoms with E-state index in [1.807, 2.05) is 41.5 Å². The van der Waals surface area contributed by atoms with Crippen LogP contribution in [0.2, 0.25) is 0 Å². The Morgan fingerprint density at radius 1 is 0.960 bits per heavy atom. The smallest absolute Gasteiger partial charge is 0.295 e. The Morgan fingerprint density at radius 2 is 1.44 bits per heavy atom. The van der Waals surface area contributed by atoms with E-state index < -0.39 is 5.91 Å². The molecule has 2 rings (SSSR count). The third-order valence-electron chi connectivity index (χ3n) is 3.89. The molecule has 1 heterocycles. The van der Waals surface area contributed by atoms with Gasteiger partial charge in [0.2, 0.25) is 0 Å². The van der Waals surface area contributed by atoms with Gasteiger partial charge in [0, 0.05) is 29.1 Å². The van der Waals surface area contributed by atoms with E-state index in [0.29, 0.717) is 11.3 Å². The van der Waals surface area contributed by atoms with Crippen LogP contribution in [0.3, 0.4) is 0 Å². The van der Waals surface area contributed by atoms with Crippen LogP contribution in [0.1, 0.15) is 63.0 Å². The van der Waals surface area contributed by atoms with E-state index >= 15 is 0 Å². The van der Waals surface area contributed by atoms with Crippen molar-refractivity contribution in [3.8, 4) is 5.75 Å². The molecule has 25 heavy (non-hydrogen) atoms. The molecule has 5 heteroatoms. The number of amides is 1. The van der Waals surface area contributed by atoms with Crippen molar-refractivity contribution in [2.45, 2.75) is 52.4 Å². The minimum absolute atomic E-state index is 0.259. The van der Waals surface area contributed by atoms with Crippen LogP contribution in [0.4, 0.5) is 5.69 Å². The molecular weight excluding hydrogens is 314 g/mol. The Balaban J connectivity index is 2.48. The van der Waals surface area contributed by atoms with Crippen LogP contribution in [0.25, 0.3) is 0 Å². The van der Waals surface area contributed by atoms with Gasteiger partial charge in [0.25, 0.3) is 5.91 Å². The van der Waals surface area contributed by atoms with E-state index in [4.69, 9.17) is 0 Å². The van der Waals surface area contributed by atoms with Gasteiger partial charge in [-0.05, 0) is 35.1 Å². The zero-order valence-corrected chi connectivity index (χ0v) is 15.7. The van der Waals surface area contributed by atoms with Crippen LogP contribution in [-0.2, 0) is 10.8 Å². The topological polar surface area (TPSA) is 74.9 Å². The normalized spacial score (nSPS) is 12.6. The van der Waals surface area contributed by atoms with E-state index in [1.165, 1.54) is 0 Å². The lowest BCUT2D eigenvalue weighted by Gasteiger charge is -2.27. The number of carbonyl (C=O) groups is 1. The van der Waals surface area contributed by atoms with Crippen molar-refractivity contribution < 1.29 is 9.90 Å². The van der Waals surface area contributed by atoms with Gasteiger partial charge in [0.15, 0.2) is 0 Å². The van der Waals surface area contributed by atoms with Crippen molar-refractivity contribution >= 4 is 11.6 Å². The summed E-state index contributed by atoms with van der Waals surface area (Å²) in [5.41, 5.74) is 2.03. The molecule has 0 aliphatic rings. The Hall–Kier alpha value is -2.56. The zero-order chi connectivity index (χ0) is 18.8. The molecule has 1 aromatic carbocycles. The molecule has 0 saturated carbocycles. The van der Waals surface area contributed by atoms with Crippen LogP contribution < -0.4 is 0 Å². The molecule has 5 nitrogen and oxygen atoms in total. The fourth-order valence-corrected chi connectivity index (χ4v) is 2.48. The molecule has 1 aromatic heterocycles. The van der Waals surface area contributed by atoms with Crippen molar-refractivity contribution in [3.05, 3.63) is 53.3 Å². The first-order valence-corrected chi connectivity index (χ1v) is 8.24. The first-order valence-electron chi connectivity index (χ1n) is 8.24. The Bertz CT molecular complexity index is 763. The monoisotopic (exact) mass is 339 g/mol. The van der Waals surface area contributed by atoms with Crippen molar-refractivity contribution in [2.75, 3.05) is 0 Å². The first-order chi connectivity index (χ1) is 11.5. The average molecular weight is 339 g/mol. The molecule has 1 amide bonds. The summed E-state index contributed by atoms with van der Waals surface area (Å²) in [6.07, 6.45) is 3.08. The number of aromatic hydroxyl groups is 1. The maximum absolute atomic E-state index is 12.1. The van der Waals surface area contributed by atoms with Gasteiger partial charge in [-0.25, -0.2) is 0 Å². The molecule has 1 N–H and O–H groups in total. The summed E-state index contributed by atoms with van der Waals surface area (Å²) < 4.78 is 0. The highest BCUT2D eigenvalue weighted by atomic mass is 16.3. The molecular formula is C20H25N3O2. The Morgan fingerprint density at radius 3 is 1.88 bits per heavy atom. The second-order valence-corrected chi connectivity index (χ2v) is 8.13. The molecule has 0 unspecified atom stereocenters. The zero-order valence-electron chi connectivity index (χ0n) is 15.7. The number of pyridine rings is 1. The third-order valence-corrected chi connectivity index (χ3v) is 3.89. The Labute approximate surface area is 148 Å². The second kappa shape index (κ2) is 6.75. The number of nitrogens with zero attached hydrogens (tertiary/aromatic N) is 3. The minimum atomic E-state index is -0.426. The van der Waals surface area contributed by atoms with Crippen LogP contribution in [0.5, 0.6) is 5.75 Å². The van der Waals surface area contributed by atoms with E-state index in [2.05, 4.69) is 15.2 Å². The molecule has 0 saturated heterocycles. The summed E-state index contributed by atoms with van der Waals surface area (Å²) in [7, 11) is 0. The number of aromatic nitrogens is 1. The van der Waals surface area contributed by atoms with Crippen molar-refractivity contribution in [2.24, 2.45) is 10.2 Å². The number of hydrogen-bond donors (Lipinski definition) is 1. The van der Waals surface area contributed by atoms with Crippen molar-refractivity contribution in [1.82, 2.24) is 4.98 Å². The Kier molecular flexibility index (Phi) is 5.07. The lowest BCUT2D eigenvalue weighted by Crippen LogP contribution is -2.16. The van der Waals surface area contributed by atoms with Crippen molar-refractivity contribution in [1.29, 1.82) is 0 Å². The SMILES string of the molecule is CC(C)(C)c1cc(N=NC(=O)c2ccncc2)cc(C(C)(C)C)c1O. The highest BCUT2D eigenvalue weighted by molar-refractivity contribution is 5.94. The molecule has 0 aliphatic heterocycles. The molecule has 0 radical (unpaired) electrons. The van der Waals surface area contributed by atoms with Gasteiger partial charge < -0.3 is 5.11 Å². The molecule has 0 atom stereocenters. The third kappa shape index (κ3) is 4.50. The molecule has 0 spiro atoms. The van der Waals surface area contributed by atoms with Crippen molar-refractivity contribution in [3.63, 3.8) is 0 Å². The molecule has 2 aromatic rings. The highest BCUT2D eigenvalue weighted by Gasteiger charge is 2.26. The number of carbonyl (C=O) groups excluding carboxylic acids is 1. The number of rotatable bonds is 2. The standard InChI is InChI=1S/C20H25N3O2/c1-19(2,3)15-11-14(12-16(17(15)24)20(4,5)6)22-23-18(25)13-7-9-21-10-8-13/h7-12,24H,1-6H3. The van der Waals surface area contributed by atoms with Gasteiger partial charge in [-0.1, -0.05) is 41.5 Å². The second-order valence-electron chi connectivity index (χ2n) is 8.13. The van der Waals surface area contributed by atoms with Gasteiger partial charge in [0.1, 0.15) is 5.75 Å². The predicted octanol–water partition coefficient (Wildman–Crippen LogP) is 5.31. The first kappa shape index (κ1) is 18.8.